The van der Waals surface area contributed by atoms with E-state index in [1.165, 1.54) is 28.8 Å². The third-order valence-electron chi connectivity index (χ3n) is 5.90. The highest BCUT2D eigenvalue weighted by molar-refractivity contribution is 7.99. The van der Waals surface area contributed by atoms with Crippen LogP contribution in [0.3, 0.4) is 0 Å². The van der Waals surface area contributed by atoms with Gasteiger partial charge in [0.1, 0.15) is 6.04 Å². The Labute approximate surface area is 213 Å². The molecule has 1 atom stereocenters. The molecule has 0 aliphatic heterocycles. The second-order valence-corrected chi connectivity index (χ2v) is 10.1. The van der Waals surface area contributed by atoms with Crippen LogP contribution >= 0.6 is 35.0 Å². The lowest BCUT2D eigenvalue weighted by atomic mass is 10.1. The zero-order chi connectivity index (χ0) is 24.7. The van der Waals surface area contributed by atoms with Gasteiger partial charge in [0.15, 0.2) is 0 Å². The van der Waals surface area contributed by atoms with Crippen molar-refractivity contribution >= 4 is 52.5 Å². The van der Waals surface area contributed by atoms with Gasteiger partial charge in [0.2, 0.25) is 11.8 Å². The van der Waals surface area contributed by atoms with E-state index in [-0.39, 0.29) is 35.8 Å². The quantitative estimate of drug-likeness (QED) is 0.322. The number of hydrogen-bond acceptors (Lipinski definition) is 5. The summed E-state index contributed by atoms with van der Waals surface area (Å²) in [6.07, 6.45) is 4.09. The van der Waals surface area contributed by atoms with E-state index in [9.17, 15) is 19.7 Å². The smallest absolute Gasteiger partial charge is 0.269 e. The van der Waals surface area contributed by atoms with E-state index in [0.717, 1.165) is 31.2 Å². The number of benzene rings is 2. The van der Waals surface area contributed by atoms with Gasteiger partial charge in [0.25, 0.3) is 5.69 Å². The molecule has 0 spiro atoms. The zero-order valence-electron chi connectivity index (χ0n) is 18.8. The van der Waals surface area contributed by atoms with Gasteiger partial charge in [0.05, 0.1) is 10.7 Å². The number of non-ortho nitro benzene ring substituents is 1. The van der Waals surface area contributed by atoms with Crippen LogP contribution in [0.2, 0.25) is 10.0 Å². The minimum atomic E-state index is -0.694. The van der Waals surface area contributed by atoms with Crippen LogP contribution in [0, 0.1) is 10.1 Å². The molecule has 0 bridgehead atoms. The lowest BCUT2D eigenvalue weighted by Gasteiger charge is -2.30. The molecular weight excluding hydrogens is 497 g/mol. The fourth-order valence-electron chi connectivity index (χ4n) is 3.88. The molecule has 1 aliphatic rings. The van der Waals surface area contributed by atoms with Crippen LogP contribution in [-0.4, -0.2) is 39.5 Å². The van der Waals surface area contributed by atoms with Gasteiger partial charge in [0, 0.05) is 46.1 Å². The van der Waals surface area contributed by atoms with Crippen molar-refractivity contribution in [2.45, 2.75) is 57.0 Å². The molecule has 0 aromatic heterocycles. The monoisotopic (exact) mass is 523 g/mol. The van der Waals surface area contributed by atoms with Gasteiger partial charge in [-0.05, 0) is 37.5 Å². The number of carbonyl (C=O) groups is 2. The third kappa shape index (κ3) is 7.10. The molecule has 1 N–H and O–H groups in total. The van der Waals surface area contributed by atoms with E-state index in [2.05, 4.69) is 5.32 Å². The topological polar surface area (TPSA) is 92.6 Å². The molecule has 2 aromatic carbocycles. The van der Waals surface area contributed by atoms with Crippen LogP contribution < -0.4 is 5.32 Å². The van der Waals surface area contributed by atoms with E-state index in [1.54, 1.807) is 37.3 Å². The average molecular weight is 524 g/mol. The number of nitro groups is 1. The summed E-state index contributed by atoms with van der Waals surface area (Å²) in [5.74, 6) is 0.244. The number of amides is 2. The van der Waals surface area contributed by atoms with Gasteiger partial charge in [-0.1, -0.05) is 54.2 Å². The molecule has 2 amide bonds. The van der Waals surface area contributed by atoms with Gasteiger partial charge in [-0.3, -0.25) is 19.7 Å². The molecule has 34 heavy (non-hydrogen) atoms. The summed E-state index contributed by atoms with van der Waals surface area (Å²) in [7, 11) is 0. The van der Waals surface area contributed by atoms with Crippen molar-refractivity contribution in [3.8, 4) is 0 Å². The molecular formula is C24H27Cl2N3O4S. The van der Waals surface area contributed by atoms with Crippen LogP contribution in [0.15, 0.2) is 42.5 Å². The lowest BCUT2D eigenvalue weighted by molar-refractivity contribution is -0.384. The van der Waals surface area contributed by atoms with Gasteiger partial charge >= 0.3 is 0 Å². The van der Waals surface area contributed by atoms with Crippen molar-refractivity contribution < 1.29 is 14.5 Å². The van der Waals surface area contributed by atoms with Crippen molar-refractivity contribution in [1.82, 2.24) is 10.2 Å². The molecule has 0 heterocycles. The molecule has 0 radical (unpaired) electrons. The predicted octanol–water partition coefficient (Wildman–Crippen LogP) is 5.61. The fourth-order valence-corrected chi connectivity index (χ4v) is 5.27. The van der Waals surface area contributed by atoms with Crippen molar-refractivity contribution in [2.75, 3.05) is 5.75 Å². The number of halogens is 2. The number of nitro benzene ring substituents is 1. The first-order valence-electron chi connectivity index (χ1n) is 11.1. The van der Waals surface area contributed by atoms with Crippen molar-refractivity contribution in [3.05, 3.63) is 73.8 Å². The summed E-state index contributed by atoms with van der Waals surface area (Å²) in [5, 5.41) is 14.8. The number of nitrogens with zero attached hydrogens (tertiary/aromatic N) is 2. The SMILES string of the molecule is C[C@@H](C(=O)NC1CCCC1)N(Cc1c(Cl)cccc1Cl)C(=O)CSCc1ccc([N+](=O)[O-])cc1. The minimum absolute atomic E-state index is 0.0229. The first kappa shape index (κ1) is 26.3. The van der Waals surface area contributed by atoms with Gasteiger partial charge in [-0.15, -0.1) is 11.8 Å². The molecule has 10 heteroatoms. The molecule has 1 saturated carbocycles. The highest BCUT2D eigenvalue weighted by Crippen LogP contribution is 2.27. The van der Waals surface area contributed by atoms with Gasteiger partial charge in [-0.25, -0.2) is 0 Å². The maximum Gasteiger partial charge on any atom is 0.269 e. The first-order valence-corrected chi connectivity index (χ1v) is 13.0. The molecule has 182 valence electrons. The molecule has 2 aromatic rings. The Morgan fingerprint density at radius 2 is 1.76 bits per heavy atom. The zero-order valence-corrected chi connectivity index (χ0v) is 21.2. The van der Waals surface area contributed by atoms with Crippen LogP contribution in [-0.2, 0) is 21.9 Å². The normalized spacial score (nSPS) is 14.6. The third-order valence-corrected chi connectivity index (χ3v) is 7.60. The maximum atomic E-state index is 13.2. The second-order valence-electron chi connectivity index (χ2n) is 8.30. The van der Waals surface area contributed by atoms with E-state index < -0.39 is 11.0 Å². The molecule has 3 rings (SSSR count). The van der Waals surface area contributed by atoms with Crippen LogP contribution in [0.4, 0.5) is 5.69 Å². The summed E-state index contributed by atoms with van der Waals surface area (Å²) < 4.78 is 0. The van der Waals surface area contributed by atoms with E-state index in [4.69, 9.17) is 23.2 Å². The van der Waals surface area contributed by atoms with Crippen LogP contribution in [0.5, 0.6) is 0 Å². The van der Waals surface area contributed by atoms with E-state index in [0.29, 0.717) is 21.4 Å². The second kappa shape index (κ2) is 12.4. The number of nitrogens with one attached hydrogen (secondary N) is 1. The Kier molecular flexibility index (Phi) is 9.62. The van der Waals surface area contributed by atoms with Crippen molar-refractivity contribution in [3.63, 3.8) is 0 Å². The molecule has 0 saturated heterocycles. The van der Waals surface area contributed by atoms with Gasteiger partial charge < -0.3 is 10.2 Å². The van der Waals surface area contributed by atoms with Crippen LogP contribution in [0.1, 0.15) is 43.7 Å². The Hall–Kier alpha value is -2.29. The first-order chi connectivity index (χ1) is 16.3. The molecule has 1 fully saturated rings. The minimum Gasteiger partial charge on any atom is -0.352 e. The van der Waals surface area contributed by atoms with E-state index >= 15 is 0 Å². The molecule has 1 aliphatic carbocycles. The Balaban J connectivity index is 1.68. The number of hydrogen-bond donors (Lipinski definition) is 1. The number of rotatable bonds is 10. The lowest BCUT2D eigenvalue weighted by Crippen LogP contribution is -2.50. The molecule has 0 unspecified atom stereocenters. The maximum absolute atomic E-state index is 13.2. The summed E-state index contributed by atoms with van der Waals surface area (Å²) in [6.45, 7) is 1.84. The molecule has 7 nitrogen and oxygen atoms in total. The number of thioether (sulfide) groups is 1. The fraction of sp³-hybridized carbons (Fsp3) is 0.417. The summed E-state index contributed by atoms with van der Waals surface area (Å²) in [4.78, 5) is 38.1. The highest BCUT2D eigenvalue weighted by Gasteiger charge is 2.29. The Morgan fingerprint density at radius 3 is 2.35 bits per heavy atom. The van der Waals surface area contributed by atoms with E-state index in [1.807, 2.05) is 0 Å². The Morgan fingerprint density at radius 1 is 1.15 bits per heavy atom. The summed E-state index contributed by atoms with van der Waals surface area (Å²) in [5.41, 5.74) is 1.49. The highest BCUT2D eigenvalue weighted by atomic mass is 35.5. The predicted molar refractivity (Wildman–Crippen MR) is 136 cm³/mol. The van der Waals surface area contributed by atoms with Crippen molar-refractivity contribution in [2.24, 2.45) is 0 Å². The summed E-state index contributed by atoms with van der Waals surface area (Å²) >= 11 is 14.1. The van der Waals surface area contributed by atoms with Crippen molar-refractivity contribution in [1.29, 1.82) is 0 Å². The summed E-state index contributed by atoms with van der Waals surface area (Å²) in [6, 6.07) is 10.8. The Bertz CT molecular complexity index is 1010. The van der Waals surface area contributed by atoms with Crippen LogP contribution in [0.25, 0.3) is 0 Å². The van der Waals surface area contributed by atoms with Gasteiger partial charge in [-0.2, -0.15) is 0 Å². The largest absolute Gasteiger partial charge is 0.352 e. The average Bonchev–Trinajstić information content (AvgIpc) is 3.32. The standard InChI is InChI=1S/C24H27Cl2N3O4S/c1-16(24(31)27-18-5-2-3-6-18)28(13-20-21(25)7-4-8-22(20)26)23(30)15-34-14-17-9-11-19(12-10-17)29(32)33/h4,7-12,16,18H,2-3,5-6,13-15H2,1H3,(H,27,31)/t16-/m0/s1. The number of carbonyl (C=O) groups excluding carboxylic acids is 2.